The minimum absolute atomic E-state index is 0.0116. The Hall–Kier alpha value is -1.92. The van der Waals surface area contributed by atoms with Gasteiger partial charge in [-0.1, -0.05) is 35.9 Å². The van der Waals surface area contributed by atoms with Crippen molar-refractivity contribution in [3.63, 3.8) is 0 Å². The van der Waals surface area contributed by atoms with Crippen molar-refractivity contribution in [2.24, 2.45) is 5.92 Å². The number of aliphatic hydroxyl groups is 1. The quantitative estimate of drug-likeness (QED) is 0.880. The van der Waals surface area contributed by atoms with E-state index in [4.69, 9.17) is 16.7 Å². The molecule has 2 aromatic rings. The molecule has 106 valence electrons. The second kappa shape index (κ2) is 6.02. The lowest BCUT2D eigenvalue weighted by Gasteiger charge is -2.11. The summed E-state index contributed by atoms with van der Waals surface area (Å²) >= 11 is 5.83. The zero-order valence-electron chi connectivity index (χ0n) is 10.8. The minimum Gasteiger partial charge on any atom is -0.476 e. The number of hydrogen-bond acceptors (Lipinski definition) is 4. The first-order valence-electron chi connectivity index (χ1n) is 6.06. The number of nitrogens with zero attached hydrogens (tertiary/aromatic N) is 3. The van der Waals surface area contributed by atoms with E-state index >= 15 is 0 Å². The first-order valence-corrected chi connectivity index (χ1v) is 6.44. The molecular formula is C13H14ClN3O3. The van der Waals surface area contributed by atoms with Gasteiger partial charge in [-0.3, -0.25) is 0 Å². The Balaban J connectivity index is 2.49. The fourth-order valence-corrected chi connectivity index (χ4v) is 1.96. The van der Waals surface area contributed by atoms with Gasteiger partial charge in [-0.2, -0.15) is 0 Å². The van der Waals surface area contributed by atoms with E-state index in [0.29, 0.717) is 22.8 Å². The molecule has 0 aliphatic rings. The molecule has 1 aromatic heterocycles. The number of carboxylic acid groups (broad SMARTS) is 1. The maximum atomic E-state index is 11.2. The molecule has 1 atom stereocenters. The van der Waals surface area contributed by atoms with Crippen molar-refractivity contribution in [1.82, 2.24) is 15.0 Å². The van der Waals surface area contributed by atoms with Crippen molar-refractivity contribution >= 4 is 17.6 Å². The predicted octanol–water partition coefficient (Wildman–Crippen LogP) is 1.93. The molecule has 0 saturated carbocycles. The molecule has 1 unspecified atom stereocenters. The Morgan fingerprint density at radius 2 is 2.05 bits per heavy atom. The molecule has 2 rings (SSSR count). The monoisotopic (exact) mass is 295 g/mol. The van der Waals surface area contributed by atoms with Gasteiger partial charge in [0.1, 0.15) is 5.69 Å². The lowest BCUT2D eigenvalue weighted by Crippen LogP contribution is -2.14. The molecule has 20 heavy (non-hydrogen) atoms. The third kappa shape index (κ3) is 2.97. The fraction of sp³-hybridized carbons (Fsp3) is 0.308. The summed E-state index contributed by atoms with van der Waals surface area (Å²) in [5.74, 6) is -1.19. The maximum absolute atomic E-state index is 11.2. The van der Waals surface area contributed by atoms with E-state index in [1.165, 1.54) is 4.68 Å². The molecule has 0 spiro atoms. The summed E-state index contributed by atoms with van der Waals surface area (Å²) in [4.78, 5) is 11.2. The van der Waals surface area contributed by atoms with Gasteiger partial charge in [0, 0.05) is 23.7 Å². The molecule has 1 heterocycles. The van der Waals surface area contributed by atoms with Crippen molar-refractivity contribution in [2.45, 2.75) is 13.5 Å². The summed E-state index contributed by atoms with van der Waals surface area (Å²) in [5.41, 5.74) is 0.967. The number of aromatic nitrogens is 3. The topological polar surface area (TPSA) is 88.2 Å². The van der Waals surface area contributed by atoms with E-state index in [9.17, 15) is 9.90 Å². The van der Waals surface area contributed by atoms with Crippen LogP contribution < -0.4 is 0 Å². The number of carboxylic acids is 1. The molecule has 0 saturated heterocycles. The van der Waals surface area contributed by atoms with Gasteiger partial charge in [0.25, 0.3) is 0 Å². The maximum Gasteiger partial charge on any atom is 0.358 e. The lowest BCUT2D eigenvalue weighted by atomic mass is 10.1. The number of benzene rings is 1. The third-order valence-electron chi connectivity index (χ3n) is 2.85. The Morgan fingerprint density at radius 1 is 1.40 bits per heavy atom. The number of aromatic carboxylic acids is 1. The van der Waals surface area contributed by atoms with Crippen LogP contribution in [0.15, 0.2) is 24.3 Å². The van der Waals surface area contributed by atoms with Gasteiger partial charge in [-0.15, -0.1) is 5.10 Å². The zero-order chi connectivity index (χ0) is 14.7. The van der Waals surface area contributed by atoms with Gasteiger partial charge in [0.2, 0.25) is 0 Å². The van der Waals surface area contributed by atoms with Crippen LogP contribution in [0.25, 0.3) is 11.3 Å². The molecule has 7 heteroatoms. The number of carbonyl (C=O) groups is 1. The zero-order valence-corrected chi connectivity index (χ0v) is 11.6. The first kappa shape index (κ1) is 14.5. The normalized spacial score (nSPS) is 12.3. The molecule has 1 aromatic carbocycles. The Bertz CT molecular complexity index is 610. The molecule has 0 fully saturated rings. The van der Waals surface area contributed by atoms with E-state index < -0.39 is 5.97 Å². The summed E-state index contributed by atoms with van der Waals surface area (Å²) in [6, 6.07) is 6.78. The number of halogens is 1. The van der Waals surface area contributed by atoms with Crippen molar-refractivity contribution in [1.29, 1.82) is 0 Å². The van der Waals surface area contributed by atoms with Gasteiger partial charge >= 0.3 is 5.97 Å². The Kier molecular flexibility index (Phi) is 4.36. The van der Waals surface area contributed by atoms with Gasteiger partial charge in [0.05, 0.1) is 0 Å². The van der Waals surface area contributed by atoms with Crippen LogP contribution in [0.4, 0.5) is 0 Å². The van der Waals surface area contributed by atoms with E-state index in [-0.39, 0.29) is 18.2 Å². The molecule has 0 aliphatic heterocycles. The number of rotatable bonds is 5. The highest BCUT2D eigenvalue weighted by molar-refractivity contribution is 6.30. The summed E-state index contributed by atoms with van der Waals surface area (Å²) in [6.45, 7) is 2.21. The van der Waals surface area contributed by atoms with Crippen molar-refractivity contribution in [3.05, 3.63) is 35.0 Å². The van der Waals surface area contributed by atoms with E-state index in [0.717, 1.165) is 0 Å². The number of aliphatic hydroxyl groups excluding tert-OH is 1. The van der Waals surface area contributed by atoms with Gasteiger partial charge in [0.15, 0.2) is 5.69 Å². The largest absolute Gasteiger partial charge is 0.476 e. The van der Waals surface area contributed by atoms with Gasteiger partial charge in [-0.05, 0) is 18.1 Å². The molecule has 0 bridgehead atoms. The Labute approximate surface area is 120 Å². The third-order valence-corrected chi connectivity index (χ3v) is 3.10. The molecular weight excluding hydrogens is 282 g/mol. The predicted molar refractivity (Wildman–Crippen MR) is 73.7 cm³/mol. The lowest BCUT2D eigenvalue weighted by molar-refractivity contribution is 0.0691. The average molecular weight is 296 g/mol. The van der Waals surface area contributed by atoms with Crippen LogP contribution in [0.2, 0.25) is 5.02 Å². The van der Waals surface area contributed by atoms with Crippen LogP contribution in [0.1, 0.15) is 17.4 Å². The van der Waals surface area contributed by atoms with Gasteiger partial charge < -0.3 is 10.2 Å². The summed E-state index contributed by atoms with van der Waals surface area (Å²) in [5, 5.41) is 26.4. The molecule has 0 radical (unpaired) electrons. The van der Waals surface area contributed by atoms with Crippen LogP contribution in [0.5, 0.6) is 0 Å². The SMILES string of the molecule is CC(CO)Cn1nnc(C(=O)O)c1-c1ccc(Cl)cc1. The van der Waals surface area contributed by atoms with Crippen molar-refractivity contribution < 1.29 is 15.0 Å². The van der Waals surface area contributed by atoms with Gasteiger partial charge in [-0.25, -0.2) is 9.48 Å². The fourth-order valence-electron chi connectivity index (χ4n) is 1.83. The van der Waals surface area contributed by atoms with E-state index in [2.05, 4.69) is 10.3 Å². The summed E-state index contributed by atoms with van der Waals surface area (Å²) < 4.78 is 1.49. The van der Waals surface area contributed by atoms with Crippen LogP contribution >= 0.6 is 11.6 Å². The standard InChI is InChI=1S/C13H14ClN3O3/c1-8(7-18)6-17-12(11(13(19)20)15-16-17)9-2-4-10(14)5-3-9/h2-5,8,18H,6-7H2,1H3,(H,19,20). The van der Waals surface area contributed by atoms with E-state index in [1.54, 1.807) is 24.3 Å². The first-order chi connectivity index (χ1) is 9.52. The molecule has 0 amide bonds. The molecule has 2 N–H and O–H groups in total. The highest BCUT2D eigenvalue weighted by atomic mass is 35.5. The van der Waals surface area contributed by atoms with Crippen molar-refractivity contribution in [3.8, 4) is 11.3 Å². The van der Waals surface area contributed by atoms with Crippen molar-refractivity contribution in [2.75, 3.05) is 6.61 Å². The molecule has 6 nitrogen and oxygen atoms in total. The Morgan fingerprint density at radius 3 is 2.60 bits per heavy atom. The van der Waals surface area contributed by atoms with Crippen LogP contribution in [0, 0.1) is 5.92 Å². The van der Waals surface area contributed by atoms with Crippen LogP contribution in [-0.2, 0) is 6.54 Å². The minimum atomic E-state index is -1.14. The van der Waals surface area contributed by atoms with E-state index in [1.807, 2.05) is 6.92 Å². The summed E-state index contributed by atoms with van der Waals surface area (Å²) in [7, 11) is 0. The second-order valence-corrected chi connectivity index (χ2v) is 5.00. The highest BCUT2D eigenvalue weighted by Crippen LogP contribution is 2.24. The van der Waals surface area contributed by atoms with Crippen LogP contribution in [-0.4, -0.2) is 37.8 Å². The number of hydrogen-bond donors (Lipinski definition) is 2. The smallest absolute Gasteiger partial charge is 0.358 e. The summed E-state index contributed by atoms with van der Waals surface area (Å²) in [6.07, 6.45) is 0. The highest BCUT2D eigenvalue weighted by Gasteiger charge is 2.21. The average Bonchev–Trinajstić information content (AvgIpc) is 2.83. The second-order valence-electron chi connectivity index (χ2n) is 4.57. The molecule has 0 aliphatic carbocycles. The van der Waals surface area contributed by atoms with Crippen LogP contribution in [0.3, 0.4) is 0 Å².